The van der Waals surface area contributed by atoms with Gasteiger partial charge in [0.15, 0.2) is 0 Å². The van der Waals surface area contributed by atoms with Crippen molar-refractivity contribution in [1.82, 2.24) is 4.72 Å². The van der Waals surface area contributed by atoms with Crippen molar-refractivity contribution in [1.29, 1.82) is 0 Å². The molecule has 0 saturated heterocycles. The van der Waals surface area contributed by atoms with Crippen molar-refractivity contribution in [2.45, 2.75) is 32.2 Å². The number of anilines is 1. The fourth-order valence-electron chi connectivity index (χ4n) is 2.92. The van der Waals surface area contributed by atoms with Gasteiger partial charge in [-0.2, -0.15) is 0 Å². The summed E-state index contributed by atoms with van der Waals surface area (Å²) in [4.78, 5) is 12.8. The second-order valence-electron chi connectivity index (χ2n) is 6.71. The lowest BCUT2D eigenvalue weighted by atomic mass is 10.1. The molecule has 1 amide bonds. The van der Waals surface area contributed by atoms with E-state index >= 15 is 0 Å². The van der Waals surface area contributed by atoms with Crippen LogP contribution < -0.4 is 10.0 Å². The lowest BCUT2D eigenvalue weighted by Crippen LogP contribution is -2.24. The number of benzene rings is 2. The molecule has 3 rings (SSSR count). The fraction of sp³-hybridized carbons (Fsp3) is 0.190. The minimum atomic E-state index is -3.79. The van der Waals surface area contributed by atoms with Crippen LogP contribution in [-0.2, 0) is 16.6 Å². The number of hydrogen-bond acceptors (Lipinski definition) is 4. The average molecular weight is 398 g/mol. The first kappa shape index (κ1) is 19.9. The molecule has 0 atom stereocenters. The highest BCUT2D eigenvalue weighted by Gasteiger charge is 2.18. The fourth-order valence-corrected chi connectivity index (χ4v) is 3.94. The van der Waals surface area contributed by atoms with Crippen LogP contribution in [0.4, 0.5) is 5.69 Å². The smallest absolute Gasteiger partial charge is 0.255 e. The zero-order chi connectivity index (χ0) is 20.3. The van der Waals surface area contributed by atoms with E-state index in [4.69, 9.17) is 4.42 Å². The van der Waals surface area contributed by atoms with Crippen LogP contribution in [0.15, 0.2) is 64.1 Å². The quantitative estimate of drug-likeness (QED) is 0.658. The average Bonchev–Trinajstić information content (AvgIpc) is 3.13. The number of nitrogens with one attached hydrogen (secondary N) is 2. The number of sulfonamides is 1. The third-order valence-electron chi connectivity index (χ3n) is 4.26. The Bertz CT molecular complexity index is 1080. The normalized spacial score (nSPS) is 11.4. The number of carbonyl (C=O) groups is 1. The maximum Gasteiger partial charge on any atom is 0.255 e. The SMILES string of the molecule is Cc1cc(C)cc(NC(=O)c2cc(S(=O)(=O)NCc3ccco3)ccc2C)c1. The van der Waals surface area contributed by atoms with Gasteiger partial charge < -0.3 is 9.73 Å². The zero-order valence-electron chi connectivity index (χ0n) is 15.9. The Kier molecular flexibility index (Phi) is 5.67. The predicted molar refractivity (Wildman–Crippen MR) is 108 cm³/mol. The standard InChI is InChI=1S/C21H22N2O4S/c1-14-9-15(2)11-17(10-14)23-21(24)20-12-19(7-6-16(20)3)28(25,26)22-13-18-5-4-8-27-18/h4-12,22H,13H2,1-3H3,(H,23,24). The number of amides is 1. The van der Waals surface area contributed by atoms with Crippen LogP contribution in [0, 0.1) is 20.8 Å². The Hall–Kier alpha value is -2.90. The summed E-state index contributed by atoms with van der Waals surface area (Å²) in [5, 5.41) is 2.84. The molecule has 2 N–H and O–H groups in total. The van der Waals surface area contributed by atoms with E-state index in [0.29, 0.717) is 22.6 Å². The summed E-state index contributed by atoms with van der Waals surface area (Å²) >= 11 is 0. The van der Waals surface area contributed by atoms with Crippen molar-refractivity contribution in [3.8, 4) is 0 Å². The topological polar surface area (TPSA) is 88.4 Å². The highest BCUT2D eigenvalue weighted by Crippen LogP contribution is 2.19. The molecular weight excluding hydrogens is 376 g/mol. The highest BCUT2D eigenvalue weighted by atomic mass is 32.2. The monoisotopic (exact) mass is 398 g/mol. The number of aryl methyl sites for hydroxylation is 3. The molecule has 7 heteroatoms. The van der Waals surface area contributed by atoms with Gasteiger partial charge >= 0.3 is 0 Å². The first-order chi connectivity index (χ1) is 13.2. The Labute approximate surface area is 164 Å². The molecule has 0 saturated carbocycles. The minimum absolute atomic E-state index is 0.0234. The molecule has 0 aliphatic carbocycles. The molecule has 146 valence electrons. The molecule has 1 aromatic heterocycles. The van der Waals surface area contributed by atoms with Gasteiger partial charge in [-0.3, -0.25) is 4.79 Å². The van der Waals surface area contributed by atoms with E-state index in [1.165, 1.54) is 18.4 Å². The number of furan rings is 1. The maximum absolute atomic E-state index is 12.7. The van der Waals surface area contributed by atoms with Crippen molar-refractivity contribution in [3.63, 3.8) is 0 Å². The largest absolute Gasteiger partial charge is 0.468 e. The van der Waals surface area contributed by atoms with Gasteiger partial charge in [-0.05, 0) is 73.9 Å². The molecule has 1 heterocycles. The molecule has 3 aromatic rings. The van der Waals surface area contributed by atoms with E-state index in [9.17, 15) is 13.2 Å². The Morgan fingerprint density at radius 1 is 1.00 bits per heavy atom. The van der Waals surface area contributed by atoms with Gasteiger partial charge in [-0.25, -0.2) is 13.1 Å². The van der Waals surface area contributed by atoms with Crippen LogP contribution in [0.25, 0.3) is 0 Å². The second kappa shape index (κ2) is 8.00. The Morgan fingerprint density at radius 2 is 1.71 bits per heavy atom. The summed E-state index contributed by atoms with van der Waals surface area (Å²) < 4.78 is 32.8. The third kappa shape index (κ3) is 4.68. The summed E-state index contributed by atoms with van der Waals surface area (Å²) in [5.41, 5.74) is 3.73. The van der Waals surface area contributed by atoms with E-state index in [1.54, 1.807) is 25.1 Å². The first-order valence-electron chi connectivity index (χ1n) is 8.77. The molecular formula is C21H22N2O4S. The van der Waals surface area contributed by atoms with Crippen molar-refractivity contribution in [3.05, 3.63) is 82.8 Å². The summed E-state index contributed by atoms with van der Waals surface area (Å²) in [7, 11) is -3.79. The molecule has 0 spiro atoms. The van der Waals surface area contributed by atoms with Gasteiger partial charge in [0.2, 0.25) is 10.0 Å². The molecule has 0 fully saturated rings. The highest BCUT2D eigenvalue weighted by molar-refractivity contribution is 7.89. The van der Waals surface area contributed by atoms with Crippen LogP contribution in [0.5, 0.6) is 0 Å². The lowest BCUT2D eigenvalue weighted by molar-refractivity contribution is 0.102. The van der Waals surface area contributed by atoms with Crippen LogP contribution >= 0.6 is 0 Å². The third-order valence-corrected chi connectivity index (χ3v) is 5.66. The van der Waals surface area contributed by atoms with Gasteiger partial charge in [0, 0.05) is 11.3 Å². The van der Waals surface area contributed by atoms with Crippen LogP contribution in [0.2, 0.25) is 0 Å². The van der Waals surface area contributed by atoms with Crippen molar-refractivity contribution >= 4 is 21.6 Å². The van der Waals surface area contributed by atoms with E-state index in [1.807, 2.05) is 32.0 Å². The molecule has 28 heavy (non-hydrogen) atoms. The van der Waals surface area contributed by atoms with E-state index in [0.717, 1.165) is 11.1 Å². The minimum Gasteiger partial charge on any atom is -0.468 e. The van der Waals surface area contributed by atoms with E-state index < -0.39 is 10.0 Å². The summed E-state index contributed by atoms with van der Waals surface area (Å²) in [6.07, 6.45) is 1.48. The summed E-state index contributed by atoms with van der Waals surface area (Å²) in [5.74, 6) is 0.147. The Balaban J connectivity index is 1.83. The molecule has 0 bridgehead atoms. The van der Waals surface area contributed by atoms with Gasteiger partial charge in [-0.15, -0.1) is 0 Å². The molecule has 0 radical (unpaired) electrons. The number of hydrogen-bond donors (Lipinski definition) is 2. The lowest BCUT2D eigenvalue weighted by Gasteiger charge is -2.12. The van der Waals surface area contributed by atoms with Crippen LogP contribution in [-0.4, -0.2) is 14.3 Å². The van der Waals surface area contributed by atoms with Crippen molar-refractivity contribution in [2.75, 3.05) is 5.32 Å². The van der Waals surface area contributed by atoms with E-state index in [2.05, 4.69) is 10.0 Å². The van der Waals surface area contributed by atoms with Crippen LogP contribution in [0.1, 0.15) is 32.8 Å². The van der Waals surface area contributed by atoms with Gasteiger partial charge in [0.1, 0.15) is 5.76 Å². The van der Waals surface area contributed by atoms with Crippen LogP contribution in [0.3, 0.4) is 0 Å². The number of carbonyl (C=O) groups excluding carboxylic acids is 1. The Morgan fingerprint density at radius 3 is 2.36 bits per heavy atom. The molecule has 0 unspecified atom stereocenters. The van der Waals surface area contributed by atoms with E-state index in [-0.39, 0.29) is 17.3 Å². The van der Waals surface area contributed by atoms with Gasteiger partial charge in [-0.1, -0.05) is 12.1 Å². The summed E-state index contributed by atoms with van der Waals surface area (Å²) in [6.45, 7) is 5.70. The van der Waals surface area contributed by atoms with Crippen molar-refractivity contribution < 1.29 is 17.6 Å². The first-order valence-corrected chi connectivity index (χ1v) is 10.3. The van der Waals surface area contributed by atoms with Crippen molar-refractivity contribution in [2.24, 2.45) is 0 Å². The van der Waals surface area contributed by atoms with Gasteiger partial charge in [0.25, 0.3) is 5.91 Å². The second-order valence-corrected chi connectivity index (χ2v) is 8.48. The number of rotatable bonds is 6. The molecule has 2 aromatic carbocycles. The predicted octanol–water partition coefficient (Wildman–Crippen LogP) is 3.94. The molecule has 0 aliphatic heterocycles. The molecule has 0 aliphatic rings. The zero-order valence-corrected chi connectivity index (χ0v) is 16.8. The van der Waals surface area contributed by atoms with Gasteiger partial charge in [0.05, 0.1) is 17.7 Å². The maximum atomic E-state index is 12.7. The summed E-state index contributed by atoms with van der Waals surface area (Å²) in [6, 6.07) is 13.6. The molecule has 6 nitrogen and oxygen atoms in total.